The standard InChI is InChI=1S/C18H20N2O4/c1-18(2,3)24-17(22)20-11-13(9-12(10-19)16(21)23-4)14-7-5-6-8-15(14)20/h5-8,11-12H,9H2,1-4H3. The first-order valence-corrected chi connectivity index (χ1v) is 7.56. The highest BCUT2D eigenvalue weighted by molar-refractivity contribution is 5.92. The molecular formula is C18H20N2O4. The summed E-state index contributed by atoms with van der Waals surface area (Å²) in [6, 6.07) is 9.23. The fourth-order valence-electron chi connectivity index (χ4n) is 2.42. The first-order valence-electron chi connectivity index (χ1n) is 7.56. The normalized spacial score (nSPS) is 12.5. The average molecular weight is 328 g/mol. The minimum absolute atomic E-state index is 0.166. The fraction of sp³-hybridized carbons (Fsp3) is 0.389. The monoisotopic (exact) mass is 328 g/mol. The number of ether oxygens (including phenoxy) is 2. The molecule has 6 nitrogen and oxygen atoms in total. The second-order valence-corrected chi connectivity index (χ2v) is 6.43. The van der Waals surface area contributed by atoms with Crippen LogP contribution in [-0.2, 0) is 20.7 Å². The summed E-state index contributed by atoms with van der Waals surface area (Å²) >= 11 is 0. The van der Waals surface area contributed by atoms with Gasteiger partial charge in [-0.15, -0.1) is 0 Å². The number of methoxy groups -OCH3 is 1. The number of fused-ring (bicyclic) bond motifs is 1. The number of benzene rings is 1. The van der Waals surface area contributed by atoms with E-state index in [-0.39, 0.29) is 6.42 Å². The van der Waals surface area contributed by atoms with Crippen LogP contribution in [0.5, 0.6) is 0 Å². The highest BCUT2D eigenvalue weighted by Crippen LogP contribution is 2.25. The molecule has 2 rings (SSSR count). The molecule has 0 aliphatic carbocycles. The maximum absolute atomic E-state index is 12.4. The third-order valence-electron chi connectivity index (χ3n) is 3.45. The van der Waals surface area contributed by atoms with Gasteiger partial charge in [0.05, 0.1) is 18.7 Å². The number of carbonyl (C=O) groups excluding carboxylic acids is 2. The predicted octanol–water partition coefficient (Wildman–Crippen LogP) is 3.28. The van der Waals surface area contributed by atoms with Gasteiger partial charge in [0.25, 0.3) is 0 Å². The molecule has 1 atom stereocenters. The van der Waals surface area contributed by atoms with Crippen molar-refractivity contribution in [1.29, 1.82) is 5.26 Å². The second kappa shape index (κ2) is 6.75. The number of nitriles is 1. The van der Waals surface area contributed by atoms with Gasteiger partial charge in [-0.05, 0) is 32.4 Å². The van der Waals surface area contributed by atoms with Crippen LogP contribution in [0.2, 0.25) is 0 Å². The summed E-state index contributed by atoms with van der Waals surface area (Å²) in [6.07, 6.45) is 1.28. The first kappa shape index (κ1) is 17.5. The van der Waals surface area contributed by atoms with Crippen LogP contribution >= 0.6 is 0 Å². The van der Waals surface area contributed by atoms with Gasteiger partial charge in [0.2, 0.25) is 0 Å². The Kier molecular flexibility index (Phi) is 4.93. The van der Waals surface area contributed by atoms with E-state index < -0.39 is 23.6 Å². The zero-order chi connectivity index (χ0) is 17.9. The highest BCUT2D eigenvalue weighted by atomic mass is 16.6. The Morgan fingerprint density at radius 2 is 1.96 bits per heavy atom. The molecule has 2 aromatic rings. The lowest BCUT2D eigenvalue weighted by Gasteiger charge is -2.19. The molecule has 0 N–H and O–H groups in total. The lowest BCUT2D eigenvalue weighted by Crippen LogP contribution is -2.26. The van der Waals surface area contributed by atoms with Crippen molar-refractivity contribution in [2.45, 2.75) is 32.8 Å². The van der Waals surface area contributed by atoms with Gasteiger partial charge in [-0.1, -0.05) is 18.2 Å². The summed E-state index contributed by atoms with van der Waals surface area (Å²) in [4.78, 5) is 24.1. The van der Waals surface area contributed by atoms with Crippen LogP contribution in [0.3, 0.4) is 0 Å². The highest BCUT2D eigenvalue weighted by Gasteiger charge is 2.24. The summed E-state index contributed by atoms with van der Waals surface area (Å²) in [5.41, 5.74) is 0.765. The molecule has 0 amide bonds. The molecule has 126 valence electrons. The molecule has 24 heavy (non-hydrogen) atoms. The minimum Gasteiger partial charge on any atom is -0.468 e. The van der Waals surface area contributed by atoms with Crippen molar-refractivity contribution in [3.05, 3.63) is 36.0 Å². The van der Waals surface area contributed by atoms with E-state index in [1.165, 1.54) is 11.7 Å². The molecule has 6 heteroatoms. The number of hydrogen-bond donors (Lipinski definition) is 0. The van der Waals surface area contributed by atoms with Crippen LogP contribution < -0.4 is 0 Å². The molecule has 0 spiro atoms. The summed E-state index contributed by atoms with van der Waals surface area (Å²) in [6.45, 7) is 5.38. The van der Waals surface area contributed by atoms with Crippen LogP contribution in [-0.4, -0.2) is 29.3 Å². The Morgan fingerprint density at radius 1 is 1.29 bits per heavy atom. The Morgan fingerprint density at radius 3 is 2.54 bits per heavy atom. The van der Waals surface area contributed by atoms with Crippen molar-refractivity contribution in [2.75, 3.05) is 7.11 Å². The topological polar surface area (TPSA) is 81.3 Å². The molecule has 0 saturated carbocycles. The molecule has 0 fully saturated rings. The van der Waals surface area contributed by atoms with Gasteiger partial charge in [-0.25, -0.2) is 4.79 Å². The Balaban J connectivity index is 2.44. The van der Waals surface area contributed by atoms with E-state index in [1.807, 2.05) is 24.3 Å². The number of hydrogen-bond acceptors (Lipinski definition) is 5. The third-order valence-corrected chi connectivity index (χ3v) is 3.45. The van der Waals surface area contributed by atoms with Gasteiger partial charge >= 0.3 is 12.1 Å². The zero-order valence-corrected chi connectivity index (χ0v) is 14.2. The number of rotatable bonds is 3. The van der Waals surface area contributed by atoms with Crippen molar-refractivity contribution in [1.82, 2.24) is 4.57 Å². The Bertz CT molecular complexity index is 809. The minimum atomic E-state index is -0.923. The van der Waals surface area contributed by atoms with Crippen molar-refractivity contribution >= 4 is 23.0 Å². The average Bonchev–Trinajstić information content (AvgIpc) is 2.89. The Labute approximate surface area is 140 Å². The van der Waals surface area contributed by atoms with Crippen molar-refractivity contribution < 1.29 is 19.1 Å². The molecule has 1 aromatic carbocycles. The molecule has 0 radical (unpaired) electrons. The van der Waals surface area contributed by atoms with E-state index in [1.54, 1.807) is 33.0 Å². The molecular weight excluding hydrogens is 308 g/mol. The SMILES string of the molecule is COC(=O)C(C#N)Cc1cn(C(=O)OC(C)(C)C)c2ccccc12. The summed E-state index contributed by atoms with van der Waals surface area (Å²) < 4.78 is 11.5. The van der Waals surface area contributed by atoms with Crippen LogP contribution in [0.25, 0.3) is 10.9 Å². The molecule has 1 aromatic heterocycles. The second-order valence-electron chi connectivity index (χ2n) is 6.43. The van der Waals surface area contributed by atoms with E-state index in [0.29, 0.717) is 11.1 Å². The zero-order valence-electron chi connectivity index (χ0n) is 14.2. The van der Waals surface area contributed by atoms with Gasteiger partial charge in [-0.3, -0.25) is 9.36 Å². The van der Waals surface area contributed by atoms with Gasteiger partial charge in [-0.2, -0.15) is 5.26 Å². The largest absolute Gasteiger partial charge is 0.468 e. The third kappa shape index (κ3) is 3.74. The van der Waals surface area contributed by atoms with E-state index in [2.05, 4.69) is 4.74 Å². The number of esters is 1. The van der Waals surface area contributed by atoms with Crippen LogP contribution in [0.15, 0.2) is 30.5 Å². The van der Waals surface area contributed by atoms with Crippen molar-refractivity contribution in [2.24, 2.45) is 5.92 Å². The first-order chi connectivity index (χ1) is 11.3. The number of nitrogens with zero attached hydrogens (tertiary/aromatic N) is 2. The van der Waals surface area contributed by atoms with Crippen LogP contribution in [0.1, 0.15) is 26.3 Å². The number of carbonyl (C=O) groups is 2. The molecule has 0 aliphatic rings. The van der Waals surface area contributed by atoms with Gasteiger partial charge in [0.15, 0.2) is 0 Å². The molecule has 0 aliphatic heterocycles. The summed E-state index contributed by atoms with van der Waals surface area (Å²) in [5, 5.41) is 9.98. The predicted molar refractivity (Wildman–Crippen MR) is 88.4 cm³/mol. The van der Waals surface area contributed by atoms with E-state index in [4.69, 9.17) is 4.74 Å². The van der Waals surface area contributed by atoms with Crippen LogP contribution in [0, 0.1) is 17.2 Å². The van der Waals surface area contributed by atoms with E-state index >= 15 is 0 Å². The molecule has 1 heterocycles. The van der Waals surface area contributed by atoms with Crippen molar-refractivity contribution in [3.8, 4) is 6.07 Å². The maximum Gasteiger partial charge on any atom is 0.419 e. The van der Waals surface area contributed by atoms with E-state index in [0.717, 1.165) is 5.39 Å². The van der Waals surface area contributed by atoms with Gasteiger partial charge < -0.3 is 9.47 Å². The molecule has 0 saturated heterocycles. The lowest BCUT2D eigenvalue weighted by atomic mass is 10.0. The number of para-hydroxylation sites is 1. The van der Waals surface area contributed by atoms with Crippen LogP contribution in [0.4, 0.5) is 4.79 Å². The van der Waals surface area contributed by atoms with Gasteiger partial charge in [0, 0.05) is 18.0 Å². The smallest absolute Gasteiger partial charge is 0.419 e. The van der Waals surface area contributed by atoms with Crippen molar-refractivity contribution in [3.63, 3.8) is 0 Å². The Hall–Kier alpha value is -2.81. The quantitative estimate of drug-likeness (QED) is 0.808. The molecule has 0 bridgehead atoms. The number of aromatic nitrogens is 1. The van der Waals surface area contributed by atoms with Gasteiger partial charge in [0.1, 0.15) is 11.5 Å². The maximum atomic E-state index is 12.4. The van der Waals surface area contributed by atoms with E-state index in [9.17, 15) is 14.9 Å². The fourth-order valence-corrected chi connectivity index (χ4v) is 2.42. The molecule has 1 unspecified atom stereocenters. The summed E-state index contributed by atoms with van der Waals surface area (Å²) in [7, 11) is 1.25. The summed E-state index contributed by atoms with van der Waals surface area (Å²) in [5.74, 6) is -1.51. The lowest BCUT2D eigenvalue weighted by molar-refractivity contribution is -0.143.